The number of hydrogen-bond acceptors (Lipinski definition) is 2. The van der Waals surface area contributed by atoms with Gasteiger partial charge in [0.2, 0.25) is 0 Å². The first-order valence-electron chi connectivity index (χ1n) is 6.34. The van der Waals surface area contributed by atoms with Crippen molar-refractivity contribution in [1.29, 1.82) is 0 Å². The number of aliphatic hydroxyl groups excluding tert-OH is 1. The maximum Gasteiger partial charge on any atom is 0.112 e. The molecule has 1 heterocycles. The zero-order chi connectivity index (χ0) is 13.1. The Morgan fingerprint density at radius 1 is 1.33 bits per heavy atom. The molecule has 2 rings (SSSR count). The number of nitrogens with one attached hydrogen (secondary N) is 1. The summed E-state index contributed by atoms with van der Waals surface area (Å²) in [6.07, 6.45) is 1.84. The van der Waals surface area contributed by atoms with Crippen LogP contribution < -0.4 is 0 Å². The van der Waals surface area contributed by atoms with E-state index in [2.05, 4.69) is 48.9 Å². The molecule has 2 aromatic rings. The van der Waals surface area contributed by atoms with Crippen LogP contribution in [0.2, 0.25) is 0 Å². The fourth-order valence-corrected chi connectivity index (χ4v) is 2.10. The fourth-order valence-electron chi connectivity index (χ4n) is 2.10. The molecule has 0 fully saturated rings. The van der Waals surface area contributed by atoms with Gasteiger partial charge in [0.25, 0.3) is 0 Å². The van der Waals surface area contributed by atoms with E-state index in [1.54, 1.807) is 0 Å². The van der Waals surface area contributed by atoms with Crippen molar-refractivity contribution < 1.29 is 5.11 Å². The molecular weight excluding hydrogens is 224 g/mol. The lowest BCUT2D eigenvalue weighted by atomic mass is 9.96. The summed E-state index contributed by atoms with van der Waals surface area (Å²) in [4.78, 5) is 7.72. The van der Waals surface area contributed by atoms with E-state index in [1.165, 1.54) is 5.56 Å². The topological polar surface area (TPSA) is 48.9 Å². The Labute approximate surface area is 108 Å². The summed E-state index contributed by atoms with van der Waals surface area (Å²) < 4.78 is 0. The van der Waals surface area contributed by atoms with Gasteiger partial charge in [0.15, 0.2) is 0 Å². The maximum atomic E-state index is 9.41. The normalized spacial score (nSPS) is 12.9. The molecule has 0 spiro atoms. The second kappa shape index (κ2) is 5.36. The monoisotopic (exact) mass is 244 g/mol. The van der Waals surface area contributed by atoms with Crippen molar-refractivity contribution in [3.05, 3.63) is 41.9 Å². The van der Waals surface area contributed by atoms with Crippen LogP contribution in [0.25, 0.3) is 11.3 Å². The van der Waals surface area contributed by atoms with E-state index in [0.717, 1.165) is 17.1 Å². The molecule has 1 unspecified atom stereocenters. The van der Waals surface area contributed by atoms with Crippen LogP contribution in [0, 0.1) is 12.8 Å². The van der Waals surface area contributed by atoms with Crippen LogP contribution in [0.4, 0.5) is 0 Å². The van der Waals surface area contributed by atoms with Crippen LogP contribution in [0.1, 0.15) is 31.2 Å². The number of benzene rings is 1. The third kappa shape index (κ3) is 2.62. The summed E-state index contributed by atoms with van der Waals surface area (Å²) in [5, 5.41) is 9.41. The van der Waals surface area contributed by atoms with Gasteiger partial charge >= 0.3 is 0 Å². The molecule has 3 nitrogen and oxygen atoms in total. The predicted molar refractivity (Wildman–Crippen MR) is 73.4 cm³/mol. The Kier molecular flexibility index (Phi) is 3.82. The van der Waals surface area contributed by atoms with Gasteiger partial charge in [0.1, 0.15) is 5.82 Å². The molecular formula is C15H20N2O. The van der Waals surface area contributed by atoms with Crippen molar-refractivity contribution in [3.63, 3.8) is 0 Å². The Balaban J connectivity index is 2.30. The first-order chi connectivity index (χ1) is 8.61. The van der Waals surface area contributed by atoms with Crippen molar-refractivity contribution in [2.75, 3.05) is 6.61 Å². The fraction of sp³-hybridized carbons (Fsp3) is 0.400. The van der Waals surface area contributed by atoms with Crippen LogP contribution >= 0.6 is 0 Å². The molecule has 0 bridgehead atoms. The van der Waals surface area contributed by atoms with Gasteiger partial charge in [-0.05, 0) is 24.5 Å². The number of rotatable bonds is 4. The number of nitrogens with zero attached hydrogens (tertiary/aromatic N) is 1. The lowest BCUT2D eigenvalue weighted by Crippen LogP contribution is -2.12. The highest BCUT2D eigenvalue weighted by molar-refractivity contribution is 5.59. The Hall–Kier alpha value is -1.61. The average molecular weight is 244 g/mol. The summed E-state index contributed by atoms with van der Waals surface area (Å²) in [6.45, 7) is 6.38. The minimum Gasteiger partial charge on any atom is -0.396 e. The molecule has 0 aliphatic heterocycles. The molecule has 2 N–H and O–H groups in total. The maximum absolute atomic E-state index is 9.41. The molecule has 1 aromatic heterocycles. The summed E-state index contributed by atoms with van der Waals surface area (Å²) in [7, 11) is 0. The SMILES string of the molecule is Cc1cccc(-c2cnc(C(CO)C(C)C)[nH]2)c1. The van der Waals surface area contributed by atoms with Gasteiger partial charge in [0.05, 0.1) is 18.5 Å². The largest absolute Gasteiger partial charge is 0.396 e. The van der Waals surface area contributed by atoms with Crippen molar-refractivity contribution in [2.24, 2.45) is 5.92 Å². The third-order valence-electron chi connectivity index (χ3n) is 3.28. The summed E-state index contributed by atoms with van der Waals surface area (Å²) in [5.41, 5.74) is 3.37. The summed E-state index contributed by atoms with van der Waals surface area (Å²) in [5.74, 6) is 1.30. The van der Waals surface area contributed by atoms with Crippen LogP contribution in [-0.4, -0.2) is 21.7 Å². The zero-order valence-corrected chi connectivity index (χ0v) is 11.1. The molecule has 0 saturated carbocycles. The van der Waals surface area contributed by atoms with Crippen molar-refractivity contribution >= 4 is 0 Å². The van der Waals surface area contributed by atoms with E-state index >= 15 is 0 Å². The number of imidazole rings is 1. The van der Waals surface area contributed by atoms with Gasteiger partial charge in [-0.15, -0.1) is 0 Å². The highest BCUT2D eigenvalue weighted by Crippen LogP contribution is 2.24. The number of aromatic amines is 1. The highest BCUT2D eigenvalue weighted by Gasteiger charge is 2.18. The molecule has 3 heteroatoms. The van der Waals surface area contributed by atoms with Gasteiger partial charge < -0.3 is 10.1 Å². The first-order valence-corrected chi connectivity index (χ1v) is 6.34. The minimum atomic E-state index is 0.0727. The zero-order valence-electron chi connectivity index (χ0n) is 11.1. The average Bonchev–Trinajstić information content (AvgIpc) is 2.79. The lowest BCUT2D eigenvalue weighted by Gasteiger charge is -2.15. The van der Waals surface area contributed by atoms with Crippen LogP contribution in [0.15, 0.2) is 30.5 Å². The number of aliphatic hydroxyl groups is 1. The smallest absolute Gasteiger partial charge is 0.112 e. The molecule has 0 aliphatic rings. The van der Waals surface area contributed by atoms with E-state index in [-0.39, 0.29) is 12.5 Å². The number of H-pyrrole nitrogens is 1. The Morgan fingerprint density at radius 2 is 2.11 bits per heavy atom. The van der Waals surface area contributed by atoms with E-state index < -0.39 is 0 Å². The van der Waals surface area contributed by atoms with E-state index in [9.17, 15) is 5.11 Å². The lowest BCUT2D eigenvalue weighted by molar-refractivity contribution is 0.232. The Bertz CT molecular complexity index is 517. The molecule has 0 amide bonds. The van der Waals surface area contributed by atoms with Crippen molar-refractivity contribution in [2.45, 2.75) is 26.7 Å². The van der Waals surface area contributed by atoms with Gasteiger partial charge in [-0.3, -0.25) is 0 Å². The standard InChI is InChI=1S/C15H20N2O/c1-10(2)13(9-18)15-16-8-14(17-15)12-6-4-5-11(3)7-12/h4-8,10,13,18H,9H2,1-3H3,(H,16,17). The van der Waals surface area contributed by atoms with Gasteiger partial charge in [-0.25, -0.2) is 4.98 Å². The van der Waals surface area contributed by atoms with Crippen LogP contribution in [0.5, 0.6) is 0 Å². The summed E-state index contributed by atoms with van der Waals surface area (Å²) >= 11 is 0. The quantitative estimate of drug-likeness (QED) is 0.868. The molecule has 0 aliphatic carbocycles. The Morgan fingerprint density at radius 3 is 2.72 bits per heavy atom. The van der Waals surface area contributed by atoms with E-state index in [0.29, 0.717) is 5.92 Å². The number of aromatic nitrogens is 2. The number of aryl methyl sites for hydroxylation is 1. The second-order valence-electron chi connectivity index (χ2n) is 5.08. The third-order valence-corrected chi connectivity index (χ3v) is 3.28. The molecule has 1 aromatic carbocycles. The number of hydrogen-bond donors (Lipinski definition) is 2. The van der Waals surface area contributed by atoms with Crippen molar-refractivity contribution in [1.82, 2.24) is 9.97 Å². The van der Waals surface area contributed by atoms with E-state index in [4.69, 9.17) is 0 Å². The molecule has 18 heavy (non-hydrogen) atoms. The minimum absolute atomic E-state index is 0.0727. The van der Waals surface area contributed by atoms with Crippen LogP contribution in [0.3, 0.4) is 0 Å². The molecule has 96 valence electrons. The predicted octanol–water partition coefficient (Wildman–Crippen LogP) is 3.12. The molecule has 0 radical (unpaired) electrons. The summed E-state index contributed by atoms with van der Waals surface area (Å²) in [6, 6.07) is 8.30. The van der Waals surface area contributed by atoms with Gasteiger partial charge in [-0.1, -0.05) is 37.6 Å². The second-order valence-corrected chi connectivity index (χ2v) is 5.08. The highest BCUT2D eigenvalue weighted by atomic mass is 16.3. The van der Waals surface area contributed by atoms with Crippen molar-refractivity contribution in [3.8, 4) is 11.3 Å². The van der Waals surface area contributed by atoms with Crippen LogP contribution in [-0.2, 0) is 0 Å². The van der Waals surface area contributed by atoms with E-state index in [1.807, 2.05) is 12.3 Å². The van der Waals surface area contributed by atoms with Gasteiger partial charge in [0, 0.05) is 5.92 Å². The first kappa shape index (κ1) is 12.8. The van der Waals surface area contributed by atoms with Gasteiger partial charge in [-0.2, -0.15) is 0 Å². The molecule has 0 saturated heterocycles. The molecule has 1 atom stereocenters.